The van der Waals surface area contributed by atoms with E-state index in [0.29, 0.717) is 12.2 Å². The molecule has 162 valence electrons. The maximum atomic E-state index is 14.2. The molecular formula is C21H26FN3O4S. The van der Waals surface area contributed by atoms with Gasteiger partial charge in [0.05, 0.1) is 11.9 Å². The average Bonchev–Trinajstić information content (AvgIpc) is 2.70. The van der Waals surface area contributed by atoms with E-state index < -0.39 is 40.2 Å². The number of amides is 2. The molecule has 0 saturated heterocycles. The third-order valence-electron chi connectivity index (χ3n) is 4.54. The maximum Gasteiger partial charge on any atom is 0.244 e. The summed E-state index contributed by atoms with van der Waals surface area (Å²) in [5.74, 6) is -1.54. The van der Waals surface area contributed by atoms with Gasteiger partial charge in [-0.2, -0.15) is 0 Å². The molecule has 2 aromatic carbocycles. The molecule has 0 fully saturated rings. The van der Waals surface area contributed by atoms with Crippen molar-refractivity contribution in [2.24, 2.45) is 0 Å². The van der Waals surface area contributed by atoms with Crippen molar-refractivity contribution in [2.75, 3.05) is 23.7 Å². The molecule has 2 amide bonds. The van der Waals surface area contributed by atoms with Crippen molar-refractivity contribution in [3.05, 3.63) is 66.0 Å². The number of nitrogens with one attached hydrogen (secondary N) is 1. The lowest BCUT2D eigenvalue weighted by Crippen LogP contribution is -2.51. The minimum absolute atomic E-state index is 0.170. The highest BCUT2D eigenvalue weighted by molar-refractivity contribution is 7.92. The standard InChI is InChI=1S/C21H26FN3O4S/c1-4-23-21(27)16(2)24(14-17-10-8-9-13-19(17)22)20(26)15-25(30(3,28)29)18-11-6-5-7-12-18/h5-13,16H,4,14-15H2,1-3H3,(H,23,27). The summed E-state index contributed by atoms with van der Waals surface area (Å²) in [7, 11) is -3.77. The van der Waals surface area contributed by atoms with Crippen molar-refractivity contribution in [2.45, 2.75) is 26.4 Å². The van der Waals surface area contributed by atoms with E-state index >= 15 is 0 Å². The minimum atomic E-state index is -3.77. The van der Waals surface area contributed by atoms with Crippen LogP contribution in [-0.2, 0) is 26.2 Å². The van der Waals surface area contributed by atoms with Gasteiger partial charge < -0.3 is 10.2 Å². The van der Waals surface area contributed by atoms with Crippen molar-refractivity contribution in [1.82, 2.24) is 10.2 Å². The summed E-state index contributed by atoms with van der Waals surface area (Å²) in [6, 6.07) is 13.2. The van der Waals surface area contributed by atoms with Crippen molar-refractivity contribution in [1.29, 1.82) is 0 Å². The Morgan fingerprint density at radius 3 is 2.23 bits per heavy atom. The molecule has 0 aliphatic rings. The monoisotopic (exact) mass is 435 g/mol. The zero-order chi connectivity index (χ0) is 22.3. The number of carbonyl (C=O) groups excluding carboxylic acids is 2. The highest BCUT2D eigenvalue weighted by Gasteiger charge is 2.30. The molecule has 0 aliphatic heterocycles. The summed E-state index contributed by atoms with van der Waals surface area (Å²) in [4.78, 5) is 26.7. The summed E-state index contributed by atoms with van der Waals surface area (Å²) in [5, 5.41) is 2.64. The zero-order valence-corrected chi connectivity index (χ0v) is 18.0. The van der Waals surface area contributed by atoms with Crippen LogP contribution in [0.1, 0.15) is 19.4 Å². The van der Waals surface area contributed by atoms with E-state index in [1.807, 2.05) is 0 Å². The fourth-order valence-electron chi connectivity index (χ4n) is 2.92. The predicted octanol–water partition coefficient (Wildman–Crippen LogP) is 2.15. The number of para-hydroxylation sites is 1. The first-order chi connectivity index (χ1) is 14.1. The number of halogens is 1. The third kappa shape index (κ3) is 6.03. The van der Waals surface area contributed by atoms with Crippen LogP contribution < -0.4 is 9.62 Å². The normalized spacial score (nSPS) is 12.1. The van der Waals surface area contributed by atoms with E-state index in [2.05, 4.69) is 5.32 Å². The van der Waals surface area contributed by atoms with Crippen LogP contribution in [0.5, 0.6) is 0 Å². The topological polar surface area (TPSA) is 86.8 Å². The molecule has 9 heteroatoms. The van der Waals surface area contributed by atoms with Gasteiger partial charge in [0.2, 0.25) is 21.8 Å². The lowest BCUT2D eigenvalue weighted by Gasteiger charge is -2.31. The molecule has 0 spiro atoms. The first kappa shape index (κ1) is 23.3. The van der Waals surface area contributed by atoms with Gasteiger partial charge in [-0.05, 0) is 32.0 Å². The van der Waals surface area contributed by atoms with E-state index in [4.69, 9.17) is 0 Å². The van der Waals surface area contributed by atoms with Crippen LogP contribution in [-0.4, -0.2) is 50.5 Å². The molecule has 2 rings (SSSR count). The number of rotatable bonds is 9. The quantitative estimate of drug-likeness (QED) is 0.654. The second-order valence-electron chi connectivity index (χ2n) is 6.79. The summed E-state index contributed by atoms with van der Waals surface area (Å²) in [5.41, 5.74) is 0.553. The van der Waals surface area contributed by atoms with E-state index in [1.54, 1.807) is 43.3 Å². The SMILES string of the molecule is CCNC(=O)C(C)N(Cc1ccccc1F)C(=O)CN(c1ccccc1)S(C)(=O)=O. The van der Waals surface area contributed by atoms with Crippen LogP contribution in [0.15, 0.2) is 54.6 Å². The van der Waals surface area contributed by atoms with Crippen LogP contribution in [0.3, 0.4) is 0 Å². The van der Waals surface area contributed by atoms with Crippen molar-refractivity contribution >= 4 is 27.5 Å². The molecule has 0 aliphatic carbocycles. The number of nitrogens with zero attached hydrogens (tertiary/aromatic N) is 2. The largest absolute Gasteiger partial charge is 0.355 e. The number of anilines is 1. The van der Waals surface area contributed by atoms with E-state index in [0.717, 1.165) is 10.6 Å². The van der Waals surface area contributed by atoms with Crippen LogP contribution in [0, 0.1) is 5.82 Å². The van der Waals surface area contributed by atoms with E-state index in [1.165, 1.54) is 30.0 Å². The molecule has 0 radical (unpaired) electrons. The minimum Gasteiger partial charge on any atom is -0.355 e. The van der Waals surface area contributed by atoms with Gasteiger partial charge in [0.1, 0.15) is 18.4 Å². The van der Waals surface area contributed by atoms with Gasteiger partial charge in [-0.15, -0.1) is 0 Å². The maximum absolute atomic E-state index is 14.2. The van der Waals surface area contributed by atoms with Gasteiger partial charge in [-0.25, -0.2) is 12.8 Å². The molecule has 30 heavy (non-hydrogen) atoms. The summed E-state index contributed by atoms with van der Waals surface area (Å²) < 4.78 is 39.8. The van der Waals surface area contributed by atoms with Gasteiger partial charge in [0.25, 0.3) is 0 Å². The Labute approximate surface area is 176 Å². The first-order valence-electron chi connectivity index (χ1n) is 9.48. The Morgan fingerprint density at radius 1 is 1.07 bits per heavy atom. The second kappa shape index (κ2) is 10.2. The lowest BCUT2D eigenvalue weighted by atomic mass is 10.1. The third-order valence-corrected chi connectivity index (χ3v) is 5.68. The van der Waals surface area contributed by atoms with E-state index in [-0.39, 0.29) is 12.1 Å². The average molecular weight is 436 g/mol. The Morgan fingerprint density at radius 2 is 1.67 bits per heavy atom. The number of hydrogen-bond donors (Lipinski definition) is 1. The fourth-order valence-corrected chi connectivity index (χ4v) is 3.77. The molecule has 1 atom stereocenters. The van der Waals surface area contributed by atoms with Gasteiger partial charge >= 0.3 is 0 Å². The zero-order valence-electron chi connectivity index (χ0n) is 17.2. The Kier molecular flexibility index (Phi) is 7.93. The van der Waals surface area contributed by atoms with Crippen LogP contribution >= 0.6 is 0 Å². The van der Waals surface area contributed by atoms with Crippen molar-refractivity contribution in [3.8, 4) is 0 Å². The Hall–Kier alpha value is -2.94. The van der Waals surface area contributed by atoms with Crippen molar-refractivity contribution in [3.63, 3.8) is 0 Å². The number of sulfonamides is 1. The molecule has 0 heterocycles. The molecular weight excluding hydrogens is 409 g/mol. The first-order valence-corrected chi connectivity index (χ1v) is 11.3. The predicted molar refractivity (Wildman–Crippen MR) is 114 cm³/mol. The van der Waals surface area contributed by atoms with Gasteiger partial charge in [-0.1, -0.05) is 36.4 Å². The van der Waals surface area contributed by atoms with Crippen molar-refractivity contribution < 1.29 is 22.4 Å². The molecule has 1 N–H and O–H groups in total. The number of benzene rings is 2. The van der Waals surface area contributed by atoms with Crippen LogP contribution in [0.2, 0.25) is 0 Å². The van der Waals surface area contributed by atoms with E-state index in [9.17, 15) is 22.4 Å². The lowest BCUT2D eigenvalue weighted by molar-refractivity contribution is -0.139. The fraction of sp³-hybridized carbons (Fsp3) is 0.333. The molecule has 0 saturated carbocycles. The summed E-state index contributed by atoms with van der Waals surface area (Å²) in [6.07, 6.45) is 1.00. The molecule has 0 aromatic heterocycles. The molecule has 0 bridgehead atoms. The Balaban J connectivity index is 2.37. The molecule has 2 aromatic rings. The van der Waals surface area contributed by atoms with Crippen LogP contribution in [0.25, 0.3) is 0 Å². The summed E-state index contributed by atoms with van der Waals surface area (Å²) >= 11 is 0. The van der Waals surface area contributed by atoms with Gasteiger partial charge in [-0.3, -0.25) is 13.9 Å². The molecule has 1 unspecified atom stereocenters. The highest BCUT2D eigenvalue weighted by atomic mass is 32.2. The Bertz CT molecular complexity index is 983. The number of hydrogen-bond acceptors (Lipinski definition) is 4. The number of likely N-dealkylation sites (N-methyl/N-ethyl adjacent to an activating group) is 1. The van der Waals surface area contributed by atoms with Crippen LogP contribution in [0.4, 0.5) is 10.1 Å². The van der Waals surface area contributed by atoms with Gasteiger partial charge in [0.15, 0.2) is 0 Å². The number of carbonyl (C=O) groups is 2. The highest BCUT2D eigenvalue weighted by Crippen LogP contribution is 2.19. The second-order valence-corrected chi connectivity index (χ2v) is 8.70. The van der Waals surface area contributed by atoms with Gasteiger partial charge in [0, 0.05) is 18.7 Å². The summed E-state index contributed by atoms with van der Waals surface area (Å²) in [6.45, 7) is 2.95. The molecule has 7 nitrogen and oxygen atoms in total. The smallest absolute Gasteiger partial charge is 0.244 e.